The van der Waals surface area contributed by atoms with Gasteiger partial charge in [-0.05, 0) is 24.3 Å². The maximum absolute atomic E-state index is 4.06. The van der Waals surface area contributed by atoms with Gasteiger partial charge in [0.05, 0.1) is 0 Å². The third kappa shape index (κ3) is 1.85. The second kappa shape index (κ2) is 3.72. The van der Waals surface area contributed by atoms with E-state index in [0.29, 0.717) is 0 Å². The molecule has 0 unspecified atom stereocenters. The van der Waals surface area contributed by atoms with Crippen LogP contribution in [0.5, 0.6) is 0 Å². The average Bonchev–Trinajstić information content (AvgIpc) is 2.47. The zero-order chi connectivity index (χ0) is 8.93. The van der Waals surface area contributed by atoms with Gasteiger partial charge >= 0.3 is 1.43 Å². The van der Waals surface area contributed by atoms with Crippen LogP contribution in [0.25, 0.3) is 5.70 Å². The molecule has 2 nitrogen and oxygen atoms in total. The van der Waals surface area contributed by atoms with E-state index in [1.165, 1.54) is 0 Å². The highest BCUT2D eigenvalue weighted by atomic mass is 14.9. The lowest BCUT2D eigenvalue weighted by molar-refractivity contribution is 1.20. The van der Waals surface area contributed by atoms with Crippen LogP contribution in [0.4, 0.5) is 0 Å². The van der Waals surface area contributed by atoms with E-state index in [1.54, 1.807) is 6.20 Å². The quantitative estimate of drug-likeness (QED) is 0.700. The molecule has 0 aromatic carbocycles. The van der Waals surface area contributed by atoms with Crippen LogP contribution in [0, 0.1) is 0 Å². The Morgan fingerprint density at radius 1 is 1.23 bits per heavy atom. The second-order valence-electron chi connectivity index (χ2n) is 2.71. The summed E-state index contributed by atoms with van der Waals surface area (Å²) in [6.07, 6.45) is 13.5. The lowest BCUT2D eigenvalue weighted by Gasteiger charge is -2.04. The van der Waals surface area contributed by atoms with Gasteiger partial charge in [0.25, 0.3) is 0 Å². The smallest absolute Gasteiger partial charge is 0.361 e. The molecule has 2 rings (SSSR count). The first-order chi connectivity index (χ1) is 6.47. The molecule has 0 atom stereocenters. The predicted octanol–water partition coefficient (Wildman–Crippen LogP) is 2.21. The number of pyridine rings is 1. The Kier molecular flexibility index (Phi) is 2.23. The molecule has 0 aliphatic carbocycles. The fourth-order valence-corrected chi connectivity index (χ4v) is 1.16. The van der Waals surface area contributed by atoms with Crippen molar-refractivity contribution in [3.63, 3.8) is 0 Å². The zero-order valence-electron chi connectivity index (χ0n) is 8.14. The van der Waals surface area contributed by atoms with Crippen molar-refractivity contribution in [2.45, 2.75) is 0 Å². The molecule has 1 aromatic heterocycles. The number of aromatic nitrogens is 1. The number of hydrogen-bond acceptors (Lipinski definition) is 2. The summed E-state index contributed by atoms with van der Waals surface area (Å²) >= 11 is 0. The van der Waals surface area contributed by atoms with Crippen molar-refractivity contribution in [2.75, 3.05) is 0 Å². The Hall–Kier alpha value is -1.83. The molecule has 1 aliphatic heterocycles. The molecule has 64 valence electrons. The number of nitrogens with one attached hydrogen (secondary N) is 1. The van der Waals surface area contributed by atoms with E-state index in [1.807, 2.05) is 48.8 Å². The van der Waals surface area contributed by atoms with Crippen LogP contribution in [0.3, 0.4) is 0 Å². The molecule has 1 N–H and O–H groups in total. The highest BCUT2D eigenvalue weighted by Crippen LogP contribution is 2.10. The SMILES string of the molecule is C1=CC=C(c2cccnc2)NC=C1.[H+]. The molecule has 1 aromatic rings. The predicted molar refractivity (Wildman–Crippen MR) is 54.7 cm³/mol. The van der Waals surface area contributed by atoms with Crippen molar-refractivity contribution in [1.82, 2.24) is 10.3 Å². The lowest BCUT2D eigenvalue weighted by Crippen LogP contribution is -2.02. The summed E-state index contributed by atoms with van der Waals surface area (Å²) in [5.41, 5.74) is 2.16. The van der Waals surface area contributed by atoms with Gasteiger partial charge < -0.3 is 5.32 Å². The Bertz CT molecular complexity index is 366. The largest absolute Gasteiger partial charge is 1.00 e. The van der Waals surface area contributed by atoms with Gasteiger partial charge in [-0.3, -0.25) is 4.98 Å². The van der Waals surface area contributed by atoms with Gasteiger partial charge in [-0.1, -0.05) is 12.2 Å². The van der Waals surface area contributed by atoms with Gasteiger partial charge in [0.2, 0.25) is 0 Å². The van der Waals surface area contributed by atoms with E-state index in [9.17, 15) is 0 Å². The monoisotopic (exact) mass is 171 g/mol. The van der Waals surface area contributed by atoms with E-state index >= 15 is 0 Å². The first-order valence-corrected chi connectivity index (χ1v) is 4.17. The Labute approximate surface area is 78.8 Å². The fourth-order valence-electron chi connectivity index (χ4n) is 1.16. The standard InChI is InChI=1S/C11H10N2/c1-2-6-11(13-8-3-1)10-5-4-7-12-9-10/h1-9,13H/p+1. The summed E-state index contributed by atoms with van der Waals surface area (Å²) < 4.78 is 0. The molecular formula is C11H11N2+. The summed E-state index contributed by atoms with van der Waals surface area (Å²) in [5.74, 6) is 0. The maximum Gasteiger partial charge on any atom is 1.00 e. The average molecular weight is 171 g/mol. The second-order valence-corrected chi connectivity index (χ2v) is 2.71. The molecule has 0 fully saturated rings. The van der Waals surface area contributed by atoms with Crippen LogP contribution in [0.1, 0.15) is 6.99 Å². The minimum atomic E-state index is 0. The minimum Gasteiger partial charge on any atom is -0.361 e. The molecule has 0 amide bonds. The van der Waals surface area contributed by atoms with E-state index in [0.717, 1.165) is 11.3 Å². The zero-order valence-corrected chi connectivity index (χ0v) is 7.14. The van der Waals surface area contributed by atoms with Crippen LogP contribution in [0.2, 0.25) is 0 Å². The van der Waals surface area contributed by atoms with Crippen molar-refractivity contribution in [1.29, 1.82) is 0 Å². The van der Waals surface area contributed by atoms with Crippen LogP contribution in [0.15, 0.2) is 55.0 Å². The molecule has 0 saturated carbocycles. The molecule has 1 aliphatic rings. The first-order valence-electron chi connectivity index (χ1n) is 4.17. The Morgan fingerprint density at radius 2 is 2.23 bits per heavy atom. The normalized spacial score (nSPS) is 14.6. The summed E-state index contributed by atoms with van der Waals surface area (Å²) in [5, 5.41) is 3.18. The Morgan fingerprint density at radius 3 is 3.08 bits per heavy atom. The molecule has 2 heteroatoms. The van der Waals surface area contributed by atoms with Gasteiger partial charge in [0, 0.05) is 29.9 Å². The van der Waals surface area contributed by atoms with Crippen molar-refractivity contribution in [3.05, 3.63) is 60.6 Å². The van der Waals surface area contributed by atoms with Gasteiger partial charge in [-0.2, -0.15) is 0 Å². The summed E-state index contributed by atoms with van der Waals surface area (Å²) in [4.78, 5) is 4.06. The van der Waals surface area contributed by atoms with Crippen LogP contribution in [-0.4, -0.2) is 4.98 Å². The summed E-state index contributed by atoms with van der Waals surface area (Å²) in [6.45, 7) is 0. The van der Waals surface area contributed by atoms with Crippen molar-refractivity contribution < 1.29 is 1.43 Å². The third-order valence-corrected chi connectivity index (χ3v) is 1.79. The minimum absolute atomic E-state index is 0. The molecule has 0 saturated heterocycles. The van der Waals surface area contributed by atoms with E-state index < -0.39 is 0 Å². The Balaban J connectivity index is 0.000000980. The van der Waals surface area contributed by atoms with Crippen LogP contribution >= 0.6 is 0 Å². The molecule has 13 heavy (non-hydrogen) atoms. The molecule has 2 heterocycles. The molecule has 0 spiro atoms. The van der Waals surface area contributed by atoms with Crippen LogP contribution < -0.4 is 5.32 Å². The molecule has 0 bridgehead atoms. The number of hydrogen-bond donors (Lipinski definition) is 1. The van der Waals surface area contributed by atoms with Gasteiger partial charge in [0.15, 0.2) is 0 Å². The van der Waals surface area contributed by atoms with Gasteiger partial charge in [0.1, 0.15) is 0 Å². The number of allylic oxidation sites excluding steroid dienone is 4. The van der Waals surface area contributed by atoms with Crippen molar-refractivity contribution in [2.24, 2.45) is 0 Å². The van der Waals surface area contributed by atoms with E-state index in [4.69, 9.17) is 0 Å². The van der Waals surface area contributed by atoms with Crippen LogP contribution in [-0.2, 0) is 0 Å². The topological polar surface area (TPSA) is 24.9 Å². The van der Waals surface area contributed by atoms with E-state index in [-0.39, 0.29) is 1.43 Å². The lowest BCUT2D eigenvalue weighted by atomic mass is 10.2. The summed E-state index contributed by atoms with van der Waals surface area (Å²) in [6, 6.07) is 3.95. The van der Waals surface area contributed by atoms with Gasteiger partial charge in [-0.15, -0.1) is 0 Å². The highest BCUT2D eigenvalue weighted by molar-refractivity contribution is 5.66. The number of rotatable bonds is 1. The number of nitrogens with zero attached hydrogens (tertiary/aromatic N) is 1. The maximum atomic E-state index is 4.06. The third-order valence-electron chi connectivity index (χ3n) is 1.79. The summed E-state index contributed by atoms with van der Waals surface area (Å²) in [7, 11) is 0. The van der Waals surface area contributed by atoms with E-state index in [2.05, 4.69) is 10.3 Å². The molecule has 0 radical (unpaired) electrons. The highest BCUT2D eigenvalue weighted by Gasteiger charge is 1.97. The van der Waals surface area contributed by atoms with Gasteiger partial charge in [-0.25, -0.2) is 0 Å². The van der Waals surface area contributed by atoms with Crippen molar-refractivity contribution >= 4 is 5.70 Å². The first kappa shape index (κ1) is 7.80. The molecular weight excluding hydrogens is 160 g/mol. The van der Waals surface area contributed by atoms with Crippen molar-refractivity contribution in [3.8, 4) is 0 Å². The fraction of sp³-hybridized carbons (Fsp3) is 0.